The topological polar surface area (TPSA) is 89.9 Å². The number of nitrogens with one attached hydrogen (secondary N) is 1. The molecule has 0 fully saturated rings. The molecule has 1 atom stereocenters. The second kappa shape index (κ2) is 9.38. The standard InChI is InChI=1S/C20H20F3N5O2S/c1-11-7-16(27-17(25-11)8-15-6-12(2)28-31-15)19(29)26-13(3)14-4-5-18(24-9-14)30-10-20(21,22)23/h4-7,9,13H,8,10H2,1-3H3,(H,26,29). The molecule has 3 rings (SSSR count). The Morgan fingerprint density at radius 2 is 1.97 bits per heavy atom. The van der Waals surface area contributed by atoms with Gasteiger partial charge >= 0.3 is 6.18 Å². The summed E-state index contributed by atoms with van der Waals surface area (Å²) in [6, 6.07) is 5.97. The van der Waals surface area contributed by atoms with Gasteiger partial charge in [0.1, 0.15) is 11.5 Å². The zero-order valence-electron chi connectivity index (χ0n) is 17.0. The van der Waals surface area contributed by atoms with Crippen LogP contribution in [0.5, 0.6) is 5.88 Å². The van der Waals surface area contributed by atoms with Crippen LogP contribution in [-0.4, -0.2) is 38.0 Å². The van der Waals surface area contributed by atoms with E-state index in [2.05, 4.69) is 29.4 Å². The van der Waals surface area contributed by atoms with Crippen molar-refractivity contribution in [2.75, 3.05) is 6.61 Å². The number of halogens is 3. The van der Waals surface area contributed by atoms with Gasteiger partial charge in [-0.25, -0.2) is 15.0 Å². The average molecular weight is 451 g/mol. The first-order valence-electron chi connectivity index (χ1n) is 9.32. The van der Waals surface area contributed by atoms with Crippen LogP contribution in [0.3, 0.4) is 0 Å². The quantitative estimate of drug-likeness (QED) is 0.585. The van der Waals surface area contributed by atoms with Crippen LogP contribution in [0.2, 0.25) is 0 Å². The van der Waals surface area contributed by atoms with Crippen molar-refractivity contribution in [2.45, 2.75) is 39.4 Å². The fraction of sp³-hybridized carbons (Fsp3) is 0.350. The highest BCUT2D eigenvalue weighted by Gasteiger charge is 2.28. The lowest BCUT2D eigenvalue weighted by Gasteiger charge is -2.15. The number of aryl methyl sites for hydroxylation is 2. The van der Waals surface area contributed by atoms with Crippen LogP contribution in [0.1, 0.15) is 51.1 Å². The Bertz CT molecular complexity index is 1050. The summed E-state index contributed by atoms with van der Waals surface area (Å²) in [6.07, 6.45) is -2.60. The van der Waals surface area contributed by atoms with Crippen molar-refractivity contribution < 1.29 is 22.7 Å². The van der Waals surface area contributed by atoms with Gasteiger partial charge < -0.3 is 10.1 Å². The molecule has 0 saturated heterocycles. The fourth-order valence-electron chi connectivity index (χ4n) is 2.72. The molecule has 1 N–H and O–H groups in total. The molecule has 1 amide bonds. The minimum absolute atomic E-state index is 0.144. The number of carbonyl (C=O) groups is 1. The number of hydrogen-bond acceptors (Lipinski definition) is 7. The smallest absolute Gasteiger partial charge is 0.422 e. The number of hydrogen-bond donors (Lipinski definition) is 1. The summed E-state index contributed by atoms with van der Waals surface area (Å²) >= 11 is 1.37. The Hall–Kier alpha value is -3.08. The van der Waals surface area contributed by atoms with E-state index in [0.717, 1.165) is 10.6 Å². The van der Waals surface area contributed by atoms with Crippen LogP contribution in [0.15, 0.2) is 30.5 Å². The van der Waals surface area contributed by atoms with Crippen LogP contribution in [-0.2, 0) is 6.42 Å². The number of pyridine rings is 1. The van der Waals surface area contributed by atoms with Crippen LogP contribution in [0, 0.1) is 13.8 Å². The maximum absolute atomic E-state index is 12.7. The molecule has 11 heteroatoms. The molecule has 0 spiro atoms. The predicted molar refractivity (Wildman–Crippen MR) is 108 cm³/mol. The Morgan fingerprint density at radius 3 is 2.58 bits per heavy atom. The molecule has 0 aliphatic heterocycles. The largest absolute Gasteiger partial charge is 0.468 e. The van der Waals surface area contributed by atoms with Gasteiger partial charge in [-0.1, -0.05) is 6.07 Å². The Labute approximate surface area is 180 Å². The Morgan fingerprint density at radius 1 is 1.19 bits per heavy atom. The van der Waals surface area contributed by atoms with E-state index in [1.165, 1.54) is 23.8 Å². The van der Waals surface area contributed by atoms with Crippen LogP contribution < -0.4 is 10.1 Å². The minimum Gasteiger partial charge on any atom is -0.468 e. The number of nitrogens with zero attached hydrogens (tertiary/aromatic N) is 4. The lowest BCUT2D eigenvalue weighted by Crippen LogP contribution is -2.28. The van der Waals surface area contributed by atoms with E-state index in [0.29, 0.717) is 23.5 Å². The van der Waals surface area contributed by atoms with Gasteiger partial charge in [0.25, 0.3) is 5.91 Å². The molecule has 0 aliphatic rings. The first kappa shape index (κ1) is 22.6. The molecular weight excluding hydrogens is 431 g/mol. The van der Waals surface area contributed by atoms with Gasteiger partial charge in [0.15, 0.2) is 6.61 Å². The van der Waals surface area contributed by atoms with Gasteiger partial charge in [-0.05, 0) is 50.0 Å². The second-order valence-electron chi connectivity index (χ2n) is 6.95. The molecule has 7 nitrogen and oxygen atoms in total. The highest BCUT2D eigenvalue weighted by atomic mass is 32.1. The van der Waals surface area contributed by atoms with Gasteiger partial charge in [0, 0.05) is 29.3 Å². The van der Waals surface area contributed by atoms with Crippen molar-refractivity contribution in [3.05, 3.63) is 63.8 Å². The predicted octanol–water partition coefficient (Wildman–Crippen LogP) is 3.97. The van der Waals surface area contributed by atoms with Gasteiger partial charge in [-0.3, -0.25) is 4.79 Å². The summed E-state index contributed by atoms with van der Waals surface area (Å²) in [6.45, 7) is 4.01. The van der Waals surface area contributed by atoms with E-state index in [1.54, 1.807) is 26.0 Å². The van der Waals surface area contributed by atoms with E-state index in [-0.39, 0.29) is 11.6 Å². The number of amides is 1. The molecule has 0 bridgehead atoms. The number of carbonyl (C=O) groups excluding carboxylic acids is 1. The fourth-order valence-corrected chi connectivity index (χ4v) is 3.45. The normalized spacial score (nSPS) is 12.5. The lowest BCUT2D eigenvalue weighted by atomic mass is 10.1. The maximum Gasteiger partial charge on any atom is 0.422 e. The minimum atomic E-state index is -4.44. The molecule has 164 valence electrons. The summed E-state index contributed by atoms with van der Waals surface area (Å²) in [5.74, 6) is -0.0135. The molecule has 3 aromatic heterocycles. The molecule has 3 aromatic rings. The average Bonchev–Trinajstić information content (AvgIpc) is 3.10. The van der Waals surface area contributed by atoms with E-state index in [4.69, 9.17) is 0 Å². The van der Waals surface area contributed by atoms with E-state index >= 15 is 0 Å². The van der Waals surface area contributed by atoms with Crippen LogP contribution in [0.25, 0.3) is 0 Å². The van der Waals surface area contributed by atoms with Gasteiger partial charge in [-0.2, -0.15) is 17.5 Å². The highest BCUT2D eigenvalue weighted by Crippen LogP contribution is 2.19. The zero-order valence-corrected chi connectivity index (χ0v) is 17.8. The molecule has 3 heterocycles. The molecule has 0 saturated carbocycles. The third-order valence-electron chi connectivity index (χ3n) is 4.13. The van der Waals surface area contributed by atoms with E-state index in [1.807, 2.05) is 13.0 Å². The first-order chi connectivity index (χ1) is 14.6. The summed E-state index contributed by atoms with van der Waals surface area (Å²) < 4.78 is 45.5. The van der Waals surface area contributed by atoms with Crippen molar-refractivity contribution >= 4 is 17.4 Å². The molecule has 31 heavy (non-hydrogen) atoms. The van der Waals surface area contributed by atoms with E-state index in [9.17, 15) is 18.0 Å². The van der Waals surface area contributed by atoms with Crippen molar-refractivity contribution in [1.29, 1.82) is 0 Å². The van der Waals surface area contributed by atoms with E-state index < -0.39 is 24.7 Å². The number of rotatable bonds is 7. The van der Waals surface area contributed by atoms with Crippen molar-refractivity contribution in [3.63, 3.8) is 0 Å². The summed E-state index contributed by atoms with van der Waals surface area (Å²) in [4.78, 5) is 26.3. The lowest BCUT2D eigenvalue weighted by molar-refractivity contribution is -0.154. The first-order valence-corrected chi connectivity index (χ1v) is 10.1. The van der Waals surface area contributed by atoms with Crippen LogP contribution >= 0.6 is 11.5 Å². The van der Waals surface area contributed by atoms with Gasteiger partial charge in [-0.15, -0.1) is 0 Å². The molecule has 0 aromatic carbocycles. The molecule has 0 aliphatic carbocycles. The van der Waals surface area contributed by atoms with Crippen molar-refractivity contribution in [2.24, 2.45) is 0 Å². The highest BCUT2D eigenvalue weighted by molar-refractivity contribution is 7.05. The molecular formula is C20H20F3N5O2S. The number of aromatic nitrogens is 4. The number of ether oxygens (including phenoxy) is 1. The molecule has 1 unspecified atom stereocenters. The second-order valence-corrected chi connectivity index (χ2v) is 7.84. The molecule has 0 radical (unpaired) electrons. The summed E-state index contributed by atoms with van der Waals surface area (Å²) in [5.41, 5.74) is 2.42. The SMILES string of the molecule is Cc1cc(Cc2nc(C)cc(C(=O)NC(C)c3ccc(OCC(F)(F)F)nc3)n2)sn1. The van der Waals surface area contributed by atoms with Crippen LogP contribution in [0.4, 0.5) is 13.2 Å². The van der Waals surface area contributed by atoms with Gasteiger partial charge in [0.2, 0.25) is 5.88 Å². The van der Waals surface area contributed by atoms with Crippen molar-refractivity contribution in [3.8, 4) is 5.88 Å². The zero-order chi connectivity index (χ0) is 22.6. The Kier molecular flexibility index (Phi) is 6.84. The third-order valence-corrected chi connectivity index (χ3v) is 5.01. The van der Waals surface area contributed by atoms with Gasteiger partial charge in [0.05, 0.1) is 11.7 Å². The Balaban J connectivity index is 1.65. The third kappa shape index (κ3) is 6.71. The monoisotopic (exact) mass is 451 g/mol. The van der Waals surface area contributed by atoms with Crippen molar-refractivity contribution in [1.82, 2.24) is 24.6 Å². The summed E-state index contributed by atoms with van der Waals surface area (Å²) in [5, 5.41) is 2.81. The summed E-state index contributed by atoms with van der Waals surface area (Å²) in [7, 11) is 0. The number of alkyl halides is 3. The maximum atomic E-state index is 12.7.